The number of aryl methyl sites for hydroxylation is 1. The Hall–Kier alpha value is -1.35. The van der Waals surface area contributed by atoms with Gasteiger partial charge >= 0.3 is 0 Å². The zero-order valence-corrected chi connectivity index (χ0v) is 10.4. The average Bonchev–Trinajstić information content (AvgIpc) is 2.80. The molecule has 0 bridgehead atoms. The van der Waals surface area contributed by atoms with Crippen LogP contribution in [-0.4, -0.2) is 25.1 Å². The molecule has 3 heteroatoms. The number of carbonyl (C=O) groups is 1. The number of hydrogen-bond donors (Lipinski definition) is 0. The van der Waals surface area contributed by atoms with E-state index in [9.17, 15) is 4.79 Å². The van der Waals surface area contributed by atoms with Crippen molar-refractivity contribution in [2.24, 2.45) is 0 Å². The van der Waals surface area contributed by atoms with Gasteiger partial charge < -0.3 is 9.47 Å². The summed E-state index contributed by atoms with van der Waals surface area (Å²) in [6, 6.07) is 5.54. The summed E-state index contributed by atoms with van der Waals surface area (Å²) < 4.78 is 11.2. The number of ether oxygens (including phenoxy) is 2. The van der Waals surface area contributed by atoms with E-state index < -0.39 is 0 Å². The van der Waals surface area contributed by atoms with E-state index in [1.807, 2.05) is 19.1 Å². The molecule has 1 fully saturated rings. The second-order valence-electron chi connectivity index (χ2n) is 4.48. The molecule has 0 saturated carbocycles. The lowest BCUT2D eigenvalue weighted by molar-refractivity contribution is 0.0677. The fraction of sp³-hybridized carbons (Fsp3) is 0.500. The molecule has 2 rings (SSSR count). The highest BCUT2D eigenvalue weighted by atomic mass is 16.5. The van der Waals surface area contributed by atoms with Crippen LogP contribution < -0.4 is 4.74 Å². The normalized spacial score (nSPS) is 19.3. The Morgan fingerprint density at radius 2 is 2.35 bits per heavy atom. The third kappa shape index (κ3) is 3.07. The summed E-state index contributed by atoms with van der Waals surface area (Å²) in [5, 5.41) is 0. The minimum atomic E-state index is 0.0822. The Morgan fingerprint density at radius 1 is 1.53 bits per heavy atom. The number of hydrogen-bond acceptors (Lipinski definition) is 3. The first-order chi connectivity index (χ1) is 8.16. The van der Waals surface area contributed by atoms with E-state index in [2.05, 4.69) is 0 Å². The summed E-state index contributed by atoms with van der Waals surface area (Å²) in [6.07, 6.45) is 2.42. The fourth-order valence-corrected chi connectivity index (χ4v) is 1.99. The molecule has 1 atom stereocenters. The molecule has 1 aromatic rings. The van der Waals surface area contributed by atoms with Crippen molar-refractivity contribution in [3.63, 3.8) is 0 Å². The highest BCUT2D eigenvalue weighted by molar-refractivity contribution is 5.94. The minimum absolute atomic E-state index is 0.0822. The van der Waals surface area contributed by atoms with E-state index in [0.29, 0.717) is 6.61 Å². The summed E-state index contributed by atoms with van der Waals surface area (Å²) >= 11 is 0. The van der Waals surface area contributed by atoms with Gasteiger partial charge in [-0.25, -0.2) is 0 Å². The van der Waals surface area contributed by atoms with Gasteiger partial charge in [0.1, 0.15) is 12.4 Å². The Morgan fingerprint density at radius 3 is 2.94 bits per heavy atom. The second kappa shape index (κ2) is 5.32. The monoisotopic (exact) mass is 234 g/mol. The van der Waals surface area contributed by atoms with Crippen LogP contribution >= 0.6 is 0 Å². The van der Waals surface area contributed by atoms with E-state index in [1.54, 1.807) is 13.0 Å². The van der Waals surface area contributed by atoms with Crippen LogP contribution in [-0.2, 0) is 4.74 Å². The van der Waals surface area contributed by atoms with Crippen LogP contribution in [0.5, 0.6) is 5.75 Å². The third-order valence-corrected chi connectivity index (χ3v) is 3.03. The highest BCUT2D eigenvalue weighted by Gasteiger charge is 2.16. The van der Waals surface area contributed by atoms with Gasteiger partial charge in [0.25, 0.3) is 0 Å². The van der Waals surface area contributed by atoms with Gasteiger partial charge in [0.15, 0.2) is 5.78 Å². The second-order valence-corrected chi connectivity index (χ2v) is 4.48. The molecule has 92 valence electrons. The zero-order chi connectivity index (χ0) is 12.3. The Labute approximate surface area is 102 Å². The number of rotatable bonds is 4. The van der Waals surface area contributed by atoms with Crippen molar-refractivity contribution in [2.75, 3.05) is 13.2 Å². The predicted molar refractivity (Wildman–Crippen MR) is 65.7 cm³/mol. The number of benzene rings is 1. The predicted octanol–water partition coefficient (Wildman–Crippen LogP) is 2.76. The standard InChI is InChI=1S/C14H18O3/c1-10-8-12(11(2)15)5-6-14(10)17-9-13-4-3-7-16-13/h5-6,8,13H,3-4,7,9H2,1-2H3. The van der Waals surface area contributed by atoms with Crippen molar-refractivity contribution < 1.29 is 14.3 Å². The van der Waals surface area contributed by atoms with Crippen molar-refractivity contribution in [1.82, 2.24) is 0 Å². The van der Waals surface area contributed by atoms with Crippen LogP contribution in [0.1, 0.15) is 35.7 Å². The largest absolute Gasteiger partial charge is 0.491 e. The minimum Gasteiger partial charge on any atom is -0.491 e. The molecule has 1 saturated heterocycles. The molecule has 0 aliphatic carbocycles. The van der Waals surface area contributed by atoms with E-state index in [-0.39, 0.29) is 11.9 Å². The van der Waals surface area contributed by atoms with Gasteiger partial charge in [-0.15, -0.1) is 0 Å². The highest BCUT2D eigenvalue weighted by Crippen LogP contribution is 2.21. The molecule has 0 radical (unpaired) electrons. The van der Waals surface area contributed by atoms with Crippen LogP contribution in [0.25, 0.3) is 0 Å². The smallest absolute Gasteiger partial charge is 0.159 e. The van der Waals surface area contributed by atoms with Crippen molar-refractivity contribution in [3.05, 3.63) is 29.3 Å². The Bertz CT molecular complexity index is 406. The molecular weight excluding hydrogens is 216 g/mol. The fourth-order valence-electron chi connectivity index (χ4n) is 1.99. The van der Waals surface area contributed by atoms with E-state index >= 15 is 0 Å². The maximum Gasteiger partial charge on any atom is 0.159 e. The quantitative estimate of drug-likeness (QED) is 0.751. The SMILES string of the molecule is CC(=O)c1ccc(OCC2CCCO2)c(C)c1. The molecule has 17 heavy (non-hydrogen) atoms. The average molecular weight is 234 g/mol. The van der Waals surface area contributed by atoms with Gasteiger partial charge in [-0.05, 0) is 50.5 Å². The van der Waals surface area contributed by atoms with Gasteiger partial charge in [-0.1, -0.05) is 0 Å². The lowest BCUT2D eigenvalue weighted by Crippen LogP contribution is -2.16. The van der Waals surface area contributed by atoms with Crippen molar-refractivity contribution >= 4 is 5.78 Å². The molecule has 3 nitrogen and oxygen atoms in total. The first-order valence-electron chi connectivity index (χ1n) is 6.03. The van der Waals surface area contributed by atoms with Crippen molar-refractivity contribution in [3.8, 4) is 5.75 Å². The van der Waals surface area contributed by atoms with Gasteiger partial charge in [-0.2, -0.15) is 0 Å². The van der Waals surface area contributed by atoms with Crippen LogP contribution in [0.15, 0.2) is 18.2 Å². The maximum absolute atomic E-state index is 11.2. The van der Waals surface area contributed by atoms with Crippen LogP contribution in [0.3, 0.4) is 0 Å². The molecule has 0 N–H and O–H groups in total. The van der Waals surface area contributed by atoms with Crippen LogP contribution in [0, 0.1) is 6.92 Å². The lowest BCUT2D eigenvalue weighted by Gasteiger charge is -2.13. The summed E-state index contributed by atoms with van der Waals surface area (Å²) in [5.41, 5.74) is 1.72. The lowest BCUT2D eigenvalue weighted by atomic mass is 10.1. The number of carbonyl (C=O) groups excluding carboxylic acids is 1. The van der Waals surface area contributed by atoms with Crippen molar-refractivity contribution in [1.29, 1.82) is 0 Å². The van der Waals surface area contributed by atoms with Crippen molar-refractivity contribution in [2.45, 2.75) is 32.8 Å². The summed E-state index contributed by atoms with van der Waals surface area (Å²) in [6.45, 7) is 4.97. The molecule has 1 heterocycles. The summed E-state index contributed by atoms with van der Waals surface area (Å²) in [7, 11) is 0. The van der Waals surface area contributed by atoms with Gasteiger partial charge in [0.05, 0.1) is 6.10 Å². The molecule has 0 spiro atoms. The Kier molecular flexibility index (Phi) is 3.79. The van der Waals surface area contributed by atoms with Crippen LogP contribution in [0.2, 0.25) is 0 Å². The zero-order valence-electron chi connectivity index (χ0n) is 10.4. The first-order valence-corrected chi connectivity index (χ1v) is 6.03. The van der Waals surface area contributed by atoms with Gasteiger partial charge in [0.2, 0.25) is 0 Å². The topological polar surface area (TPSA) is 35.5 Å². The van der Waals surface area contributed by atoms with Gasteiger partial charge in [-0.3, -0.25) is 4.79 Å². The molecule has 1 aromatic carbocycles. The third-order valence-electron chi connectivity index (χ3n) is 3.03. The van der Waals surface area contributed by atoms with Gasteiger partial charge in [0, 0.05) is 12.2 Å². The summed E-state index contributed by atoms with van der Waals surface area (Å²) in [4.78, 5) is 11.2. The van der Waals surface area contributed by atoms with E-state index in [1.165, 1.54) is 0 Å². The van der Waals surface area contributed by atoms with Crippen LogP contribution in [0.4, 0.5) is 0 Å². The molecule has 1 unspecified atom stereocenters. The maximum atomic E-state index is 11.2. The molecule has 1 aliphatic heterocycles. The van der Waals surface area contributed by atoms with E-state index in [4.69, 9.17) is 9.47 Å². The van der Waals surface area contributed by atoms with E-state index in [0.717, 1.165) is 36.3 Å². The summed E-state index contributed by atoms with van der Waals surface area (Å²) in [5.74, 6) is 0.921. The number of ketones is 1. The Balaban J connectivity index is 1.98. The first kappa shape index (κ1) is 12.1. The number of Topliss-reactive ketones (excluding diaryl/α,β-unsaturated/α-hetero) is 1. The molecule has 0 aromatic heterocycles. The molecule has 0 amide bonds. The molecule has 1 aliphatic rings. The molecular formula is C14H18O3.